The maximum Gasteiger partial charge on any atom is 0.00669 e. The number of hydrogen-bond acceptors (Lipinski definition) is 1. The average Bonchev–Trinajstić information content (AvgIpc) is 2.80. The normalized spacial score (nSPS) is 26.5. The standard InChI is InChI=1S/C12H23N/c1-10(12-4-2-3-5-12)13-9-8-11-6-7-11/h10-13H,2-9H2,1H3/t10-/m0/s1. The molecule has 2 rings (SSSR count). The second-order valence-electron chi connectivity index (χ2n) is 5.02. The molecular weight excluding hydrogens is 158 g/mol. The molecule has 0 aliphatic heterocycles. The van der Waals surface area contributed by atoms with E-state index in [4.69, 9.17) is 0 Å². The topological polar surface area (TPSA) is 12.0 Å². The second-order valence-corrected chi connectivity index (χ2v) is 5.02. The molecule has 0 aromatic heterocycles. The molecule has 0 bridgehead atoms. The molecule has 0 amide bonds. The lowest BCUT2D eigenvalue weighted by Crippen LogP contribution is -2.33. The van der Waals surface area contributed by atoms with Crippen molar-refractivity contribution >= 4 is 0 Å². The Bertz CT molecular complexity index is 145. The summed E-state index contributed by atoms with van der Waals surface area (Å²) >= 11 is 0. The lowest BCUT2D eigenvalue weighted by Gasteiger charge is -2.20. The van der Waals surface area contributed by atoms with Crippen molar-refractivity contribution in [2.24, 2.45) is 11.8 Å². The van der Waals surface area contributed by atoms with Gasteiger partial charge in [0.05, 0.1) is 0 Å². The maximum atomic E-state index is 3.70. The van der Waals surface area contributed by atoms with Gasteiger partial charge in [-0.15, -0.1) is 0 Å². The SMILES string of the molecule is C[C@H](NCCC1CC1)C1CCCC1. The number of rotatable bonds is 5. The first-order chi connectivity index (χ1) is 6.36. The van der Waals surface area contributed by atoms with Gasteiger partial charge in [-0.3, -0.25) is 0 Å². The van der Waals surface area contributed by atoms with Crippen molar-refractivity contribution in [3.05, 3.63) is 0 Å². The van der Waals surface area contributed by atoms with Crippen LogP contribution in [0.3, 0.4) is 0 Å². The molecule has 0 saturated heterocycles. The van der Waals surface area contributed by atoms with Crippen LogP contribution in [-0.2, 0) is 0 Å². The predicted octanol–water partition coefficient (Wildman–Crippen LogP) is 2.95. The zero-order chi connectivity index (χ0) is 9.10. The van der Waals surface area contributed by atoms with Crippen molar-refractivity contribution in [3.63, 3.8) is 0 Å². The predicted molar refractivity (Wildman–Crippen MR) is 56.8 cm³/mol. The molecule has 1 nitrogen and oxygen atoms in total. The van der Waals surface area contributed by atoms with E-state index in [0.717, 1.165) is 17.9 Å². The lowest BCUT2D eigenvalue weighted by atomic mass is 10.00. The highest BCUT2D eigenvalue weighted by molar-refractivity contribution is 4.79. The quantitative estimate of drug-likeness (QED) is 0.687. The Hall–Kier alpha value is -0.0400. The fourth-order valence-electron chi connectivity index (χ4n) is 2.55. The first-order valence-electron chi connectivity index (χ1n) is 6.09. The minimum absolute atomic E-state index is 0.779. The molecule has 2 aliphatic rings. The Morgan fingerprint density at radius 1 is 1.15 bits per heavy atom. The van der Waals surface area contributed by atoms with Gasteiger partial charge in [-0.1, -0.05) is 25.7 Å². The van der Waals surface area contributed by atoms with E-state index in [1.165, 1.54) is 51.5 Å². The Balaban J connectivity index is 1.56. The highest BCUT2D eigenvalue weighted by atomic mass is 14.9. The van der Waals surface area contributed by atoms with Crippen LogP contribution in [0, 0.1) is 11.8 Å². The molecule has 2 saturated carbocycles. The Morgan fingerprint density at radius 3 is 2.46 bits per heavy atom. The van der Waals surface area contributed by atoms with Gasteiger partial charge in [0.1, 0.15) is 0 Å². The number of hydrogen-bond donors (Lipinski definition) is 1. The van der Waals surface area contributed by atoms with E-state index < -0.39 is 0 Å². The van der Waals surface area contributed by atoms with Gasteiger partial charge in [-0.2, -0.15) is 0 Å². The highest BCUT2D eigenvalue weighted by Crippen LogP contribution is 2.32. The third-order valence-corrected chi connectivity index (χ3v) is 3.82. The molecule has 0 heterocycles. The molecule has 0 aromatic carbocycles. The third-order valence-electron chi connectivity index (χ3n) is 3.82. The van der Waals surface area contributed by atoms with Crippen LogP contribution in [0.25, 0.3) is 0 Å². The molecule has 0 aromatic rings. The zero-order valence-electron chi connectivity index (χ0n) is 8.89. The van der Waals surface area contributed by atoms with Gasteiger partial charge >= 0.3 is 0 Å². The maximum absolute atomic E-state index is 3.70. The molecule has 0 unspecified atom stereocenters. The van der Waals surface area contributed by atoms with Crippen molar-refractivity contribution in [3.8, 4) is 0 Å². The van der Waals surface area contributed by atoms with E-state index in [0.29, 0.717) is 0 Å². The first-order valence-corrected chi connectivity index (χ1v) is 6.09. The second kappa shape index (κ2) is 4.45. The average molecular weight is 181 g/mol. The Morgan fingerprint density at radius 2 is 1.85 bits per heavy atom. The molecule has 2 aliphatic carbocycles. The summed E-state index contributed by atoms with van der Waals surface area (Å²) in [5, 5.41) is 3.70. The van der Waals surface area contributed by atoms with Gasteiger partial charge in [0.25, 0.3) is 0 Å². The van der Waals surface area contributed by atoms with Crippen molar-refractivity contribution < 1.29 is 0 Å². The van der Waals surface area contributed by atoms with Gasteiger partial charge in [0, 0.05) is 6.04 Å². The first kappa shape index (κ1) is 9.51. The Kier molecular flexibility index (Phi) is 3.26. The molecule has 1 N–H and O–H groups in total. The summed E-state index contributed by atoms with van der Waals surface area (Å²) in [5.74, 6) is 2.07. The minimum atomic E-state index is 0.779. The van der Waals surface area contributed by atoms with E-state index in [9.17, 15) is 0 Å². The van der Waals surface area contributed by atoms with Crippen LogP contribution in [0.2, 0.25) is 0 Å². The van der Waals surface area contributed by atoms with Gasteiger partial charge in [0.15, 0.2) is 0 Å². The minimum Gasteiger partial charge on any atom is -0.314 e. The van der Waals surface area contributed by atoms with Crippen LogP contribution in [0.5, 0.6) is 0 Å². The molecule has 1 atom stereocenters. The fourth-order valence-corrected chi connectivity index (χ4v) is 2.55. The lowest BCUT2D eigenvalue weighted by molar-refractivity contribution is 0.377. The molecule has 0 spiro atoms. The molecule has 1 heteroatoms. The molecule has 2 fully saturated rings. The smallest absolute Gasteiger partial charge is 0.00669 e. The van der Waals surface area contributed by atoms with Crippen molar-refractivity contribution in [1.29, 1.82) is 0 Å². The van der Waals surface area contributed by atoms with Gasteiger partial charge in [-0.05, 0) is 44.6 Å². The van der Waals surface area contributed by atoms with Gasteiger partial charge in [-0.25, -0.2) is 0 Å². The van der Waals surface area contributed by atoms with Crippen molar-refractivity contribution in [1.82, 2.24) is 5.32 Å². The third kappa shape index (κ3) is 2.98. The van der Waals surface area contributed by atoms with E-state index in [1.807, 2.05) is 0 Å². The molecular formula is C12H23N. The van der Waals surface area contributed by atoms with Gasteiger partial charge in [0.2, 0.25) is 0 Å². The van der Waals surface area contributed by atoms with Crippen molar-refractivity contribution in [2.45, 2.75) is 57.9 Å². The van der Waals surface area contributed by atoms with E-state index in [2.05, 4.69) is 12.2 Å². The van der Waals surface area contributed by atoms with Gasteiger partial charge < -0.3 is 5.32 Å². The van der Waals surface area contributed by atoms with Crippen LogP contribution in [0.1, 0.15) is 51.9 Å². The van der Waals surface area contributed by atoms with Crippen molar-refractivity contribution in [2.75, 3.05) is 6.54 Å². The molecule has 13 heavy (non-hydrogen) atoms. The van der Waals surface area contributed by atoms with Crippen LogP contribution >= 0.6 is 0 Å². The van der Waals surface area contributed by atoms with E-state index in [1.54, 1.807) is 0 Å². The summed E-state index contributed by atoms with van der Waals surface area (Å²) in [6.45, 7) is 3.64. The highest BCUT2D eigenvalue weighted by Gasteiger charge is 2.23. The summed E-state index contributed by atoms with van der Waals surface area (Å²) < 4.78 is 0. The van der Waals surface area contributed by atoms with E-state index in [-0.39, 0.29) is 0 Å². The largest absolute Gasteiger partial charge is 0.314 e. The molecule has 0 radical (unpaired) electrons. The van der Waals surface area contributed by atoms with Crippen LogP contribution < -0.4 is 5.32 Å². The van der Waals surface area contributed by atoms with E-state index >= 15 is 0 Å². The molecule has 76 valence electrons. The zero-order valence-corrected chi connectivity index (χ0v) is 8.89. The monoisotopic (exact) mass is 181 g/mol. The summed E-state index contributed by atoms with van der Waals surface area (Å²) in [4.78, 5) is 0. The number of nitrogens with one attached hydrogen (secondary N) is 1. The van der Waals surface area contributed by atoms with Crippen LogP contribution in [0.4, 0.5) is 0 Å². The summed E-state index contributed by atoms with van der Waals surface area (Å²) in [6, 6.07) is 0.779. The summed E-state index contributed by atoms with van der Waals surface area (Å²) in [6.07, 6.45) is 10.3. The fraction of sp³-hybridized carbons (Fsp3) is 1.00. The summed E-state index contributed by atoms with van der Waals surface area (Å²) in [5.41, 5.74) is 0. The summed E-state index contributed by atoms with van der Waals surface area (Å²) in [7, 11) is 0. The van der Waals surface area contributed by atoms with Crippen LogP contribution in [0.15, 0.2) is 0 Å². The van der Waals surface area contributed by atoms with Crippen LogP contribution in [-0.4, -0.2) is 12.6 Å². The Labute approximate surface area is 82.3 Å².